The Balaban J connectivity index is 1.28. The molecular weight excluding hydrogens is 396 g/mol. The summed E-state index contributed by atoms with van der Waals surface area (Å²) in [6, 6.07) is 11.4. The predicted molar refractivity (Wildman–Crippen MR) is 121 cm³/mol. The number of carbonyl (C=O) groups excluding carboxylic acids is 2. The lowest BCUT2D eigenvalue weighted by atomic mass is 9.93. The number of aromatic nitrogens is 2. The highest BCUT2D eigenvalue weighted by molar-refractivity contribution is 8.00. The molecule has 1 N–H and O–H groups in total. The highest BCUT2D eigenvalue weighted by Gasteiger charge is 2.27. The summed E-state index contributed by atoms with van der Waals surface area (Å²) in [6.07, 6.45) is 6.97. The SMILES string of the molecule is CN(C(=O)c1cc(C2CCN(C(=O)CSC3CCCC3)CC2)[nH]n1)c1ccccc1. The number of hydrogen-bond acceptors (Lipinski definition) is 4. The number of nitrogens with one attached hydrogen (secondary N) is 1. The lowest BCUT2D eigenvalue weighted by Crippen LogP contribution is -2.39. The minimum absolute atomic E-state index is 0.125. The molecule has 0 radical (unpaired) electrons. The van der Waals surface area contributed by atoms with Gasteiger partial charge in [-0.05, 0) is 43.9 Å². The Morgan fingerprint density at radius 3 is 2.53 bits per heavy atom. The number of aromatic amines is 1. The molecule has 2 heterocycles. The van der Waals surface area contributed by atoms with E-state index in [1.165, 1.54) is 25.7 Å². The summed E-state index contributed by atoms with van der Waals surface area (Å²) in [4.78, 5) is 28.9. The number of H-pyrrole nitrogens is 1. The minimum Gasteiger partial charge on any atom is -0.342 e. The van der Waals surface area contributed by atoms with Crippen molar-refractivity contribution in [1.29, 1.82) is 0 Å². The summed E-state index contributed by atoms with van der Waals surface area (Å²) in [5, 5.41) is 8.01. The van der Waals surface area contributed by atoms with Crippen molar-refractivity contribution in [2.45, 2.75) is 49.7 Å². The lowest BCUT2D eigenvalue weighted by molar-refractivity contribution is -0.129. The molecule has 6 nitrogen and oxygen atoms in total. The number of carbonyl (C=O) groups is 2. The first-order chi connectivity index (χ1) is 14.6. The molecule has 2 aromatic rings. The van der Waals surface area contributed by atoms with Crippen LogP contribution in [0.2, 0.25) is 0 Å². The van der Waals surface area contributed by atoms with E-state index in [1.807, 2.05) is 53.1 Å². The molecular formula is C23H30N4O2S. The largest absolute Gasteiger partial charge is 0.342 e. The fourth-order valence-electron chi connectivity index (χ4n) is 4.37. The van der Waals surface area contributed by atoms with Crippen molar-refractivity contribution in [2.24, 2.45) is 0 Å². The molecule has 0 bridgehead atoms. The van der Waals surface area contributed by atoms with E-state index in [9.17, 15) is 9.59 Å². The van der Waals surface area contributed by atoms with Gasteiger partial charge < -0.3 is 9.80 Å². The Bertz CT molecular complexity index is 855. The van der Waals surface area contributed by atoms with Crippen LogP contribution in [0, 0.1) is 0 Å². The molecule has 1 aliphatic carbocycles. The lowest BCUT2D eigenvalue weighted by Gasteiger charge is -2.31. The number of anilines is 1. The molecule has 7 heteroatoms. The van der Waals surface area contributed by atoms with Crippen LogP contribution in [0.25, 0.3) is 0 Å². The summed E-state index contributed by atoms with van der Waals surface area (Å²) in [5.41, 5.74) is 2.27. The standard InChI is InChI=1S/C23H30N4O2S/c1-26(18-7-3-2-4-8-18)23(29)21-15-20(24-25-21)17-11-13-27(14-12-17)22(28)16-30-19-9-5-6-10-19/h2-4,7-8,15,17,19H,5-6,9-14,16H2,1H3,(H,24,25). The second-order valence-electron chi connectivity index (χ2n) is 8.28. The van der Waals surface area contributed by atoms with Gasteiger partial charge >= 0.3 is 0 Å². The van der Waals surface area contributed by atoms with Crippen LogP contribution in [0.5, 0.6) is 0 Å². The molecule has 1 aromatic heterocycles. The number of benzene rings is 1. The number of piperidine rings is 1. The van der Waals surface area contributed by atoms with Crippen molar-refractivity contribution < 1.29 is 9.59 Å². The van der Waals surface area contributed by atoms with Crippen LogP contribution >= 0.6 is 11.8 Å². The Morgan fingerprint density at radius 1 is 1.13 bits per heavy atom. The van der Waals surface area contributed by atoms with Crippen molar-refractivity contribution in [1.82, 2.24) is 15.1 Å². The van der Waals surface area contributed by atoms with Crippen molar-refractivity contribution in [2.75, 3.05) is 30.8 Å². The Hall–Kier alpha value is -2.28. The van der Waals surface area contributed by atoms with Crippen LogP contribution in [-0.4, -0.2) is 58.1 Å². The van der Waals surface area contributed by atoms with Gasteiger partial charge in [-0.3, -0.25) is 14.7 Å². The van der Waals surface area contributed by atoms with E-state index < -0.39 is 0 Å². The van der Waals surface area contributed by atoms with Gasteiger partial charge in [0.05, 0.1) is 5.75 Å². The molecule has 2 amide bonds. The Kier molecular flexibility index (Phi) is 6.77. The van der Waals surface area contributed by atoms with E-state index in [2.05, 4.69) is 10.2 Å². The molecule has 0 atom stereocenters. The zero-order chi connectivity index (χ0) is 20.9. The Morgan fingerprint density at radius 2 is 1.83 bits per heavy atom. The van der Waals surface area contributed by atoms with Gasteiger partial charge in [-0.2, -0.15) is 5.10 Å². The normalized spacial score (nSPS) is 18.0. The Labute approximate surface area is 182 Å². The van der Waals surface area contributed by atoms with E-state index in [4.69, 9.17) is 0 Å². The highest BCUT2D eigenvalue weighted by atomic mass is 32.2. The van der Waals surface area contributed by atoms with Crippen molar-refractivity contribution in [3.8, 4) is 0 Å². The van der Waals surface area contributed by atoms with Gasteiger partial charge in [-0.1, -0.05) is 31.0 Å². The average molecular weight is 427 g/mol. The second kappa shape index (κ2) is 9.69. The summed E-state index contributed by atoms with van der Waals surface area (Å²) in [6.45, 7) is 1.56. The maximum Gasteiger partial charge on any atom is 0.278 e. The molecule has 4 rings (SSSR count). The minimum atomic E-state index is -0.125. The number of nitrogens with zero attached hydrogens (tertiary/aromatic N) is 3. The number of hydrogen-bond donors (Lipinski definition) is 1. The zero-order valence-corrected chi connectivity index (χ0v) is 18.4. The molecule has 0 spiro atoms. The number of likely N-dealkylation sites (tertiary alicyclic amines) is 1. The molecule has 2 fully saturated rings. The first-order valence-electron chi connectivity index (χ1n) is 10.9. The monoisotopic (exact) mass is 426 g/mol. The van der Waals surface area contributed by atoms with Gasteiger partial charge in [0.15, 0.2) is 5.69 Å². The number of thioether (sulfide) groups is 1. The maximum atomic E-state index is 12.8. The molecule has 1 saturated heterocycles. The van der Waals surface area contributed by atoms with E-state index >= 15 is 0 Å². The third-order valence-corrected chi connectivity index (χ3v) is 7.65. The smallest absolute Gasteiger partial charge is 0.278 e. The van der Waals surface area contributed by atoms with Gasteiger partial charge in [0, 0.05) is 42.7 Å². The van der Waals surface area contributed by atoms with E-state index in [0.29, 0.717) is 22.6 Å². The fraction of sp³-hybridized carbons (Fsp3) is 0.522. The zero-order valence-electron chi connectivity index (χ0n) is 17.5. The third kappa shape index (κ3) is 4.89. The van der Waals surface area contributed by atoms with E-state index in [0.717, 1.165) is 37.3 Å². The molecule has 1 saturated carbocycles. The van der Waals surface area contributed by atoms with E-state index in [-0.39, 0.29) is 11.8 Å². The third-order valence-electron chi connectivity index (χ3n) is 6.30. The van der Waals surface area contributed by atoms with Gasteiger partial charge in [0.1, 0.15) is 0 Å². The van der Waals surface area contributed by atoms with Gasteiger partial charge in [-0.25, -0.2) is 0 Å². The molecule has 160 valence electrons. The molecule has 0 unspecified atom stereocenters. The maximum absolute atomic E-state index is 12.8. The van der Waals surface area contributed by atoms with Crippen LogP contribution in [0.15, 0.2) is 36.4 Å². The number of rotatable bonds is 6. The molecule has 1 aromatic carbocycles. The quantitative estimate of drug-likeness (QED) is 0.756. The average Bonchev–Trinajstić information content (AvgIpc) is 3.49. The van der Waals surface area contributed by atoms with Gasteiger partial charge in [-0.15, -0.1) is 11.8 Å². The molecule has 1 aliphatic heterocycles. The summed E-state index contributed by atoms with van der Waals surface area (Å²) in [7, 11) is 1.76. The van der Waals surface area contributed by atoms with Crippen LogP contribution in [-0.2, 0) is 4.79 Å². The van der Waals surface area contributed by atoms with Crippen LogP contribution < -0.4 is 4.90 Å². The van der Waals surface area contributed by atoms with Crippen molar-refractivity contribution >= 4 is 29.3 Å². The topological polar surface area (TPSA) is 69.3 Å². The van der Waals surface area contributed by atoms with Crippen LogP contribution in [0.3, 0.4) is 0 Å². The van der Waals surface area contributed by atoms with Gasteiger partial charge in [0.2, 0.25) is 5.91 Å². The number of amides is 2. The predicted octanol–water partition coefficient (Wildman–Crippen LogP) is 4.07. The first kappa shape index (κ1) is 21.0. The van der Waals surface area contributed by atoms with Crippen molar-refractivity contribution in [3.05, 3.63) is 47.8 Å². The number of para-hydroxylation sites is 1. The second-order valence-corrected chi connectivity index (χ2v) is 9.57. The van der Waals surface area contributed by atoms with E-state index in [1.54, 1.807) is 11.9 Å². The van der Waals surface area contributed by atoms with Crippen LogP contribution in [0.1, 0.15) is 60.6 Å². The first-order valence-corrected chi connectivity index (χ1v) is 11.9. The summed E-state index contributed by atoms with van der Waals surface area (Å²) in [5.74, 6) is 1.08. The summed E-state index contributed by atoms with van der Waals surface area (Å²) < 4.78 is 0. The van der Waals surface area contributed by atoms with Crippen molar-refractivity contribution in [3.63, 3.8) is 0 Å². The molecule has 30 heavy (non-hydrogen) atoms. The highest BCUT2D eigenvalue weighted by Crippen LogP contribution is 2.31. The fourth-order valence-corrected chi connectivity index (χ4v) is 5.60. The van der Waals surface area contributed by atoms with Gasteiger partial charge in [0.25, 0.3) is 5.91 Å². The molecule has 2 aliphatic rings. The van der Waals surface area contributed by atoms with Crippen LogP contribution in [0.4, 0.5) is 5.69 Å². The summed E-state index contributed by atoms with van der Waals surface area (Å²) >= 11 is 1.84.